The maximum Gasteiger partial charge on any atom is 0.355 e. The molecule has 67 heavy (non-hydrogen) atoms. The third-order valence-electron chi connectivity index (χ3n) is 14.0. The first-order valence-corrected chi connectivity index (χ1v) is 23.3. The summed E-state index contributed by atoms with van der Waals surface area (Å²) in [6, 6.07) is 15.4. The minimum atomic E-state index is -2.26. The SMILES string of the molecule is C=CC(=O)N1CC[C@H](C(=O)N2CC[C@](C)(O)[C@H]2C(=O)N[C@H]2Cc3cccc(c3)-c3ccc4c(c3)c(c(-c3cccnc3[C@H](C)OC)n4CC)CC(C)(C)COC(=O)[C@@]3(O)CCCN(N3)C2=O)C1. The first-order valence-electron chi connectivity index (χ1n) is 23.3. The number of likely N-dealkylation sites (tertiary alicyclic amines) is 2. The lowest BCUT2D eigenvalue weighted by molar-refractivity contribution is -0.189. The summed E-state index contributed by atoms with van der Waals surface area (Å²) in [5.41, 5.74) is 5.46. The molecule has 356 valence electrons. The molecule has 4 N–H and O–H groups in total. The number of benzene rings is 2. The maximum absolute atomic E-state index is 14.8. The lowest BCUT2D eigenvalue weighted by atomic mass is 9.84. The molecule has 0 radical (unpaired) electrons. The van der Waals surface area contributed by atoms with E-state index in [-0.39, 0.29) is 69.8 Å². The van der Waals surface area contributed by atoms with Crippen LogP contribution >= 0.6 is 0 Å². The Morgan fingerprint density at radius 3 is 2.57 bits per heavy atom. The quantitative estimate of drug-likeness (QED) is 0.144. The monoisotopic (exact) mass is 917 g/mol. The highest BCUT2D eigenvalue weighted by molar-refractivity contribution is 5.97. The fourth-order valence-corrected chi connectivity index (χ4v) is 10.4. The predicted octanol–water partition coefficient (Wildman–Crippen LogP) is 4.45. The molecule has 4 aliphatic heterocycles. The number of pyridine rings is 1. The zero-order valence-electron chi connectivity index (χ0n) is 39.3. The van der Waals surface area contributed by atoms with Crippen LogP contribution in [0.5, 0.6) is 0 Å². The fourth-order valence-electron chi connectivity index (χ4n) is 10.4. The van der Waals surface area contributed by atoms with Gasteiger partial charge in [0.15, 0.2) is 0 Å². The number of carbonyl (C=O) groups excluding carboxylic acids is 5. The van der Waals surface area contributed by atoms with E-state index in [4.69, 9.17) is 14.5 Å². The van der Waals surface area contributed by atoms with Gasteiger partial charge >= 0.3 is 5.97 Å². The molecule has 0 unspecified atom stereocenters. The van der Waals surface area contributed by atoms with Crippen molar-refractivity contribution in [1.29, 1.82) is 0 Å². The predicted molar refractivity (Wildman–Crippen MR) is 250 cm³/mol. The van der Waals surface area contributed by atoms with Crippen LogP contribution < -0.4 is 10.7 Å². The van der Waals surface area contributed by atoms with Crippen LogP contribution in [0, 0.1) is 11.3 Å². The van der Waals surface area contributed by atoms with Crippen molar-refractivity contribution in [3.8, 4) is 22.4 Å². The van der Waals surface area contributed by atoms with Gasteiger partial charge < -0.3 is 39.4 Å². The lowest BCUT2D eigenvalue weighted by Gasteiger charge is -2.40. The minimum Gasteiger partial charge on any atom is -0.462 e. The number of hydrogen-bond acceptors (Lipinski definition) is 11. The van der Waals surface area contributed by atoms with Crippen LogP contribution in [-0.2, 0) is 52.8 Å². The Balaban J connectivity index is 1.20. The number of hydrazine groups is 1. The summed E-state index contributed by atoms with van der Waals surface area (Å²) in [5, 5.41) is 28.6. The van der Waals surface area contributed by atoms with Crippen LogP contribution in [-0.4, -0.2) is 127 Å². The Bertz CT molecular complexity index is 2610. The normalized spacial score (nSPS) is 26.0. The molecule has 4 aromatic rings. The average Bonchev–Trinajstić information content (AvgIpc) is 4.03. The zero-order chi connectivity index (χ0) is 48.0. The van der Waals surface area contributed by atoms with E-state index in [2.05, 4.69) is 53.1 Å². The van der Waals surface area contributed by atoms with Crippen LogP contribution in [0.4, 0.5) is 0 Å². The Morgan fingerprint density at radius 1 is 1.04 bits per heavy atom. The van der Waals surface area contributed by atoms with Gasteiger partial charge in [0.2, 0.25) is 23.4 Å². The van der Waals surface area contributed by atoms with Gasteiger partial charge in [-0.2, -0.15) is 5.43 Å². The first kappa shape index (κ1) is 47.5. The molecule has 16 nitrogen and oxygen atoms in total. The van der Waals surface area contributed by atoms with E-state index in [1.165, 1.54) is 22.8 Å². The fraction of sp³-hybridized carbons (Fsp3) is 0.490. The van der Waals surface area contributed by atoms with Gasteiger partial charge in [0.1, 0.15) is 12.1 Å². The number of aryl methyl sites for hydroxylation is 1. The Kier molecular flexibility index (Phi) is 13.2. The highest BCUT2D eigenvalue weighted by Crippen LogP contribution is 2.42. The molecule has 4 aliphatic rings. The van der Waals surface area contributed by atoms with Crippen molar-refractivity contribution in [3.63, 3.8) is 0 Å². The van der Waals surface area contributed by atoms with Gasteiger partial charge in [-0.05, 0) is 99.0 Å². The van der Waals surface area contributed by atoms with Gasteiger partial charge in [0, 0.05) is 80.8 Å². The van der Waals surface area contributed by atoms with Crippen LogP contribution in [0.25, 0.3) is 33.3 Å². The van der Waals surface area contributed by atoms with E-state index in [1.54, 1.807) is 13.3 Å². The molecule has 0 saturated carbocycles. The van der Waals surface area contributed by atoms with E-state index in [0.717, 1.165) is 49.6 Å². The molecule has 2 aromatic carbocycles. The van der Waals surface area contributed by atoms with Gasteiger partial charge in [-0.1, -0.05) is 50.8 Å². The standard InChI is InChI=1S/C51H63N7O9/c1-8-41(59)55-23-18-35(29-55)46(61)57-24-20-50(6,64)44(57)45(60)53-39-26-32-13-10-14-33(25-32)34-16-17-40-37(27-34)38(43(56(40)9-2)36-15-11-21-52-42(36)31(3)66-7)28-49(4,5)30-67-48(63)51(65)19-12-22-58(54-51)47(39)62/h8,10-11,13-17,21,25,27,31,35,39,44,54,64-65H,1,9,12,18-20,22-24,26,28-30H2,2-7H3,(H,53,60)/t31-,35-,39-,44+,50-,51-/m0/s1. The van der Waals surface area contributed by atoms with Gasteiger partial charge in [-0.15, -0.1) is 0 Å². The average molecular weight is 918 g/mol. The number of cyclic esters (lactones) is 1. The third-order valence-corrected chi connectivity index (χ3v) is 14.0. The van der Waals surface area contributed by atoms with E-state index in [9.17, 15) is 34.2 Å². The number of methoxy groups -OCH3 is 1. The summed E-state index contributed by atoms with van der Waals surface area (Å²) in [5.74, 6) is -3.53. The number of hydrogen-bond donors (Lipinski definition) is 4. The molecule has 6 bridgehead atoms. The van der Waals surface area contributed by atoms with E-state index < -0.39 is 52.5 Å². The van der Waals surface area contributed by atoms with E-state index >= 15 is 0 Å². The number of nitrogens with zero attached hydrogens (tertiary/aromatic N) is 5. The molecule has 2 aromatic heterocycles. The number of fused-ring (bicyclic) bond motifs is 6. The van der Waals surface area contributed by atoms with Crippen LogP contribution in [0.2, 0.25) is 0 Å². The third kappa shape index (κ3) is 9.24. The largest absolute Gasteiger partial charge is 0.462 e. The van der Waals surface area contributed by atoms with Crippen molar-refractivity contribution in [2.45, 2.75) is 109 Å². The van der Waals surface area contributed by atoms with Crippen molar-refractivity contribution in [3.05, 3.63) is 90.3 Å². The molecular weight excluding hydrogens is 855 g/mol. The van der Waals surface area contributed by atoms with Gasteiger partial charge in [0.25, 0.3) is 5.91 Å². The number of nitrogens with one attached hydrogen (secondary N) is 2. The number of aromatic nitrogens is 2. The molecule has 3 saturated heterocycles. The molecule has 8 rings (SSSR count). The zero-order valence-corrected chi connectivity index (χ0v) is 39.3. The Hall–Kier alpha value is -5.94. The molecule has 3 fully saturated rings. The molecular formula is C51H63N7O9. The number of carbonyl (C=O) groups is 5. The molecule has 0 aliphatic carbocycles. The summed E-state index contributed by atoms with van der Waals surface area (Å²) < 4.78 is 14.0. The Morgan fingerprint density at radius 2 is 1.82 bits per heavy atom. The second-order valence-electron chi connectivity index (χ2n) is 19.6. The van der Waals surface area contributed by atoms with Crippen molar-refractivity contribution >= 4 is 40.5 Å². The van der Waals surface area contributed by atoms with Crippen LogP contribution in [0.1, 0.15) is 83.2 Å². The van der Waals surface area contributed by atoms with Gasteiger partial charge in [-0.25, -0.2) is 4.79 Å². The van der Waals surface area contributed by atoms with Crippen molar-refractivity contribution in [2.75, 3.05) is 39.9 Å². The van der Waals surface area contributed by atoms with Crippen LogP contribution in [0.15, 0.2) is 73.4 Å². The summed E-state index contributed by atoms with van der Waals surface area (Å²) in [4.78, 5) is 77.4. The second-order valence-corrected chi connectivity index (χ2v) is 19.6. The highest BCUT2D eigenvalue weighted by Gasteiger charge is 2.52. The number of amides is 4. The summed E-state index contributed by atoms with van der Waals surface area (Å²) in [6.45, 7) is 14.5. The summed E-state index contributed by atoms with van der Waals surface area (Å²) in [7, 11) is 1.66. The number of ether oxygens (including phenoxy) is 2. The van der Waals surface area contributed by atoms with Crippen LogP contribution in [0.3, 0.4) is 0 Å². The Labute approximate surface area is 391 Å². The molecule has 16 heteroatoms. The van der Waals surface area contributed by atoms with Crippen molar-refractivity contribution < 1.29 is 43.7 Å². The van der Waals surface area contributed by atoms with E-state index in [1.807, 2.05) is 51.1 Å². The maximum atomic E-state index is 14.8. The topological polar surface area (TPSA) is 196 Å². The lowest BCUT2D eigenvalue weighted by Crippen LogP contribution is -2.67. The van der Waals surface area contributed by atoms with Gasteiger partial charge in [-0.3, -0.25) is 29.2 Å². The minimum absolute atomic E-state index is 0.0109. The number of rotatable bonds is 8. The molecule has 6 heterocycles. The van der Waals surface area contributed by atoms with Crippen molar-refractivity contribution in [1.82, 2.24) is 35.1 Å². The smallest absolute Gasteiger partial charge is 0.355 e. The molecule has 6 atom stereocenters. The second kappa shape index (κ2) is 18.6. The number of aliphatic hydroxyl groups is 2. The molecule has 0 spiro atoms. The summed E-state index contributed by atoms with van der Waals surface area (Å²) >= 11 is 0. The number of esters is 1. The molecule has 4 amide bonds. The first-order chi connectivity index (χ1) is 31.9. The van der Waals surface area contributed by atoms with Crippen molar-refractivity contribution in [2.24, 2.45) is 11.3 Å². The van der Waals surface area contributed by atoms with E-state index in [0.29, 0.717) is 31.5 Å². The van der Waals surface area contributed by atoms with Gasteiger partial charge in [0.05, 0.1) is 35.6 Å². The highest BCUT2D eigenvalue weighted by atomic mass is 16.6. The summed E-state index contributed by atoms with van der Waals surface area (Å²) in [6.07, 6.45) is 3.86.